The zero-order chi connectivity index (χ0) is 39.5. The van der Waals surface area contributed by atoms with Crippen LogP contribution in [-0.2, 0) is 5.41 Å². The number of aromatic nitrogens is 2. The van der Waals surface area contributed by atoms with Gasteiger partial charge in [0.05, 0.1) is 11.4 Å². The fourth-order valence-electron chi connectivity index (χ4n) is 9.29. The van der Waals surface area contributed by atoms with Crippen molar-refractivity contribution in [3.05, 3.63) is 217 Å². The summed E-state index contributed by atoms with van der Waals surface area (Å²) in [6.07, 6.45) is 0. The van der Waals surface area contributed by atoms with E-state index in [2.05, 4.69) is 214 Å². The van der Waals surface area contributed by atoms with E-state index in [1.165, 1.54) is 60.7 Å². The van der Waals surface area contributed by atoms with Gasteiger partial charge in [0.1, 0.15) is 0 Å². The third kappa shape index (κ3) is 5.96. The van der Waals surface area contributed by atoms with E-state index in [1.807, 2.05) is 6.07 Å². The highest BCUT2D eigenvalue weighted by Gasteiger charge is 2.35. The Hall–Kier alpha value is -7.42. The van der Waals surface area contributed by atoms with Crippen LogP contribution in [0.1, 0.15) is 25.0 Å². The van der Waals surface area contributed by atoms with Crippen LogP contribution in [-0.4, -0.2) is 9.97 Å². The van der Waals surface area contributed by atoms with E-state index >= 15 is 0 Å². The molecule has 0 N–H and O–H groups in total. The maximum Gasteiger partial charge on any atom is 0.160 e. The van der Waals surface area contributed by atoms with Crippen LogP contribution in [0.25, 0.3) is 100.0 Å². The molecule has 1 aliphatic carbocycles. The highest BCUT2D eigenvalue weighted by molar-refractivity contribution is 6.05. The Morgan fingerprint density at radius 2 is 0.864 bits per heavy atom. The minimum absolute atomic E-state index is 0.0140. The van der Waals surface area contributed by atoms with Crippen LogP contribution in [0.3, 0.4) is 0 Å². The van der Waals surface area contributed by atoms with Gasteiger partial charge in [0.15, 0.2) is 5.82 Å². The van der Waals surface area contributed by atoms with Crippen molar-refractivity contribution in [2.24, 2.45) is 0 Å². The lowest BCUT2D eigenvalue weighted by Crippen LogP contribution is -2.14. The first-order chi connectivity index (χ1) is 29.0. The van der Waals surface area contributed by atoms with Gasteiger partial charge in [0, 0.05) is 22.1 Å². The molecular formula is C57H40N2. The average molecular weight is 753 g/mol. The second kappa shape index (κ2) is 13.9. The molecule has 0 spiro atoms. The van der Waals surface area contributed by atoms with E-state index in [-0.39, 0.29) is 5.41 Å². The number of fused-ring (bicyclic) bond motifs is 5. The molecule has 9 aromatic carbocycles. The topological polar surface area (TPSA) is 25.8 Å². The van der Waals surface area contributed by atoms with Crippen LogP contribution in [0.5, 0.6) is 0 Å². The van der Waals surface area contributed by atoms with Crippen molar-refractivity contribution < 1.29 is 0 Å². The molecule has 278 valence electrons. The molecule has 0 radical (unpaired) electrons. The molecule has 1 heterocycles. The summed E-state index contributed by atoms with van der Waals surface area (Å²) in [5.74, 6) is 0.702. The maximum absolute atomic E-state index is 5.29. The molecule has 0 saturated heterocycles. The molecule has 10 aromatic rings. The fourth-order valence-corrected chi connectivity index (χ4v) is 9.29. The van der Waals surface area contributed by atoms with E-state index in [0.29, 0.717) is 5.82 Å². The standard InChI is InChI=1S/C57H40N2/c1-57(2)52-26-13-12-24-48(52)51-35-41(29-32-53(51)57)40-19-14-20-42(34-40)45-30-31-50(47-23-10-9-22-46(45)47)55-36-54(58-56(59-55)38-16-4-3-5-17-38)49-25-11-8-21-44(49)43-28-27-37-15-6-7-18-39(37)33-43/h3-36H,1-2H3. The molecule has 1 aromatic heterocycles. The van der Waals surface area contributed by atoms with Crippen LogP contribution >= 0.6 is 0 Å². The highest BCUT2D eigenvalue weighted by Crippen LogP contribution is 2.50. The third-order valence-electron chi connectivity index (χ3n) is 12.3. The van der Waals surface area contributed by atoms with Crippen LogP contribution in [0.15, 0.2) is 206 Å². The number of hydrogen-bond donors (Lipinski definition) is 0. The van der Waals surface area contributed by atoms with Gasteiger partial charge in [-0.25, -0.2) is 9.97 Å². The molecule has 0 fully saturated rings. The molecule has 59 heavy (non-hydrogen) atoms. The Kier molecular flexibility index (Phi) is 8.20. The molecule has 0 aliphatic heterocycles. The number of hydrogen-bond acceptors (Lipinski definition) is 2. The predicted molar refractivity (Wildman–Crippen MR) is 247 cm³/mol. The second-order valence-corrected chi connectivity index (χ2v) is 16.2. The summed E-state index contributed by atoms with van der Waals surface area (Å²) in [5, 5.41) is 4.78. The van der Waals surface area contributed by atoms with Gasteiger partial charge in [-0.15, -0.1) is 0 Å². The van der Waals surface area contributed by atoms with Gasteiger partial charge in [0.25, 0.3) is 0 Å². The Morgan fingerprint density at radius 3 is 1.69 bits per heavy atom. The van der Waals surface area contributed by atoms with Crippen molar-refractivity contribution >= 4 is 21.5 Å². The minimum Gasteiger partial charge on any atom is -0.228 e. The van der Waals surface area contributed by atoms with E-state index in [0.717, 1.165) is 44.6 Å². The van der Waals surface area contributed by atoms with Crippen LogP contribution < -0.4 is 0 Å². The lowest BCUT2D eigenvalue weighted by atomic mass is 9.82. The normalized spacial score (nSPS) is 12.7. The summed E-state index contributed by atoms with van der Waals surface area (Å²) in [4.78, 5) is 10.6. The fraction of sp³-hybridized carbons (Fsp3) is 0.0526. The van der Waals surface area contributed by atoms with Crippen LogP contribution in [0.2, 0.25) is 0 Å². The number of benzene rings is 9. The van der Waals surface area contributed by atoms with E-state index in [1.54, 1.807) is 0 Å². The zero-order valence-electron chi connectivity index (χ0n) is 33.0. The van der Waals surface area contributed by atoms with E-state index < -0.39 is 0 Å². The van der Waals surface area contributed by atoms with Gasteiger partial charge in [-0.1, -0.05) is 196 Å². The second-order valence-electron chi connectivity index (χ2n) is 16.2. The highest BCUT2D eigenvalue weighted by atomic mass is 14.9. The predicted octanol–water partition coefficient (Wildman–Crippen LogP) is 15.1. The quantitative estimate of drug-likeness (QED) is 0.169. The maximum atomic E-state index is 5.29. The summed E-state index contributed by atoms with van der Waals surface area (Å²) < 4.78 is 0. The Balaban J connectivity index is 1.03. The first-order valence-electron chi connectivity index (χ1n) is 20.4. The summed E-state index contributed by atoms with van der Waals surface area (Å²) in [6, 6.07) is 74.4. The summed E-state index contributed by atoms with van der Waals surface area (Å²) in [5.41, 5.74) is 17.5. The molecule has 1 aliphatic rings. The summed E-state index contributed by atoms with van der Waals surface area (Å²) in [6.45, 7) is 4.67. The number of nitrogens with zero attached hydrogens (tertiary/aromatic N) is 2. The molecule has 11 rings (SSSR count). The lowest BCUT2D eigenvalue weighted by Gasteiger charge is -2.21. The molecule has 0 unspecified atom stereocenters. The largest absolute Gasteiger partial charge is 0.228 e. The molecule has 2 nitrogen and oxygen atoms in total. The summed E-state index contributed by atoms with van der Waals surface area (Å²) in [7, 11) is 0. The van der Waals surface area contributed by atoms with Crippen molar-refractivity contribution in [2.75, 3.05) is 0 Å². The van der Waals surface area contributed by atoms with Gasteiger partial charge >= 0.3 is 0 Å². The Bertz CT molecular complexity index is 3250. The lowest BCUT2D eigenvalue weighted by molar-refractivity contribution is 0.660. The number of rotatable bonds is 6. The van der Waals surface area contributed by atoms with Gasteiger partial charge in [-0.3, -0.25) is 0 Å². The minimum atomic E-state index is -0.0140. The van der Waals surface area contributed by atoms with E-state index in [4.69, 9.17) is 9.97 Å². The average Bonchev–Trinajstić information content (AvgIpc) is 3.53. The Labute approximate surface area is 345 Å². The molecule has 0 saturated carbocycles. The SMILES string of the molecule is CC1(C)c2ccccc2-c2cc(-c3cccc(-c4ccc(-c5cc(-c6ccccc6-c6ccc7ccccc7c6)nc(-c6ccccc6)n5)c5ccccc45)c3)ccc21. The Morgan fingerprint density at radius 1 is 0.305 bits per heavy atom. The molecule has 2 heteroatoms. The smallest absolute Gasteiger partial charge is 0.160 e. The van der Waals surface area contributed by atoms with Gasteiger partial charge in [-0.2, -0.15) is 0 Å². The van der Waals surface area contributed by atoms with Crippen molar-refractivity contribution in [3.63, 3.8) is 0 Å². The van der Waals surface area contributed by atoms with Crippen molar-refractivity contribution in [1.29, 1.82) is 0 Å². The van der Waals surface area contributed by atoms with Crippen molar-refractivity contribution in [3.8, 4) is 78.4 Å². The monoisotopic (exact) mass is 752 g/mol. The first kappa shape index (κ1) is 34.8. The first-order valence-corrected chi connectivity index (χ1v) is 20.4. The van der Waals surface area contributed by atoms with Crippen molar-refractivity contribution in [1.82, 2.24) is 9.97 Å². The van der Waals surface area contributed by atoms with Gasteiger partial charge in [0.2, 0.25) is 0 Å². The van der Waals surface area contributed by atoms with Gasteiger partial charge in [-0.05, 0) is 101 Å². The molecule has 0 amide bonds. The molecular weight excluding hydrogens is 713 g/mol. The molecule has 0 atom stereocenters. The van der Waals surface area contributed by atoms with E-state index in [9.17, 15) is 0 Å². The zero-order valence-corrected chi connectivity index (χ0v) is 33.0. The molecule has 0 bridgehead atoms. The third-order valence-corrected chi connectivity index (χ3v) is 12.3. The van der Waals surface area contributed by atoms with Crippen LogP contribution in [0, 0.1) is 0 Å². The van der Waals surface area contributed by atoms with Crippen molar-refractivity contribution in [2.45, 2.75) is 19.3 Å². The van der Waals surface area contributed by atoms with Gasteiger partial charge < -0.3 is 0 Å². The summed E-state index contributed by atoms with van der Waals surface area (Å²) >= 11 is 0. The van der Waals surface area contributed by atoms with Crippen LogP contribution in [0.4, 0.5) is 0 Å².